The van der Waals surface area contributed by atoms with E-state index in [0.29, 0.717) is 11.6 Å². The quantitative estimate of drug-likeness (QED) is 0.747. The Hall–Kier alpha value is -2.02. The number of likely N-dealkylation sites (tertiary alicyclic amines) is 1. The molecule has 0 spiro atoms. The van der Waals surface area contributed by atoms with Crippen LogP contribution in [0.25, 0.3) is 10.9 Å². The monoisotopic (exact) mass is 371 g/mol. The SMILES string of the molecule is OCc1cn(CC2CCN(Cc3ccc4cc(Cl)ccc4n3)CC2)nn1. The average molecular weight is 372 g/mol. The first-order chi connectivity index (χ1) is 12.7. The first kappa shape index (κ1) is 17.4. The van der Waals surface area contributed by atoms with Gasteiger partial charge in [0, 0.05) is 23.5 Å². The van der Waals surface area contributed by atoms with Gasteiger partial charge in [-0.2, -0.15) is 0 Å². The van der Waals surface area contributed by atoms with Crippen LogP contribution >= 0.6 is 11.6 Å². The van der Waals surface area contributed by atoms with Crippen LogP contribution < -0.4 is 0 Å². The van der Waals surface area contributed by atoms with E-state index in [-0.39, 0.29) is 6.61 Å². The first-order valence-corrected chi connectivity index (χ1v) is 9.35. The number of aliphatic hydroxyl groups is 1. The van der Waals surface area contributed by atoms with Crippen LogP contribution in [-0.4, -0.2) is 43.1 Å². The number of fused-ring (bicyclic) bond motifs is 1. The predicted octanol–water partition coefficient (Wildman–Crippen LogP) is 2.88. The highest BCUT2D eigenvalue weighted by Gasteiger charge is 2.20. The zero-order valence-corrected chi connectivity index (χ0v) is 15.3. The molecule has 26 heavy (non-hydrogen) atoms. The summed E-state index contributed by atoms with van der Waals surface area (Å²) in [6, 6.07) is 10.0. The molecule has 0 aliphatic carbocycles. The maximum atomic E-state index is 9.08. The molecule has 4 rings (SSSR count). The number of nitrogens with zero attached hydrogens (tertiary/aromatic N) is 5. The summed E-state index contributed by atoms with van der Waals surface area (Å²) in [4.78, 5) is 7.22. The van der Waals surface area contributed by atoms with Crippen LogP contribution in [0.4, 0.5) is 0 Å². The Morgan fingerprint density at radius 1 is 1.12 bits per heavy atom. The van der Waals surface area contributed by atoms with Crippen LogP contribution in [0.1, 0.15) is 24.2 Å². The molecule has 2 aromatic heterocycles. The van der Waals surface area contributed by atoms with E-state index in [1.807, 2.05) is 29.1 Å². The standard InChI is InChI=1S/C19H22ClN5O/c20-16-2-4-19-15(9-16)1-3-17(21-19)11-24-7-5-14(6-8-24)10-25-12-18(13-26)22-23-25/h1-4,9,12,14,26H,5-8,10-11,13H2. The van der Waals surface area contributed by atoms with Gasteiger partial charge in [-0.25, -0.2) is 0 Å². The number of halogens is 1. The number of benzene rings is 1. The molecule has 0 atom stereocenters. The zero-order valence-electron chi connectivity index (χ0n) is 14.6. The first-order valence-electron chi connectivity index (χ1n) is 8.97. The lowest BCUT2D eigenvalue weighted by molar-refractivity contribution is 0.163. The molecule has 1 aliphatic rings. The number of rotatable bonds is 5. The Labute approximate surface area is 157 Å². The largest absolute Gasteiger partial charge is 0.390 e. The summed E-state index contributed by atoms with van der Waals surface area (Å²) >= 11 is 6.04. The number of piperidine rings is 1. The minimum Gasteiger partial charge on any atom is -0.390 e. The van der Waals surface area contributed by atoms with Crippen molar-refractivity contribution >= 4 is 22.5 Å². The van der Waals surface area contributed by atoms with Gasteiger partial charge in [-0.05, 0) is 56.1 Å². The number of pyridine rings is 1. The lowest BCUT2D eigenvalue weighted by Gasteiger charge is -2.31. The Bertz CT molecular complexity index is 889. The molecule has 6 nitrogen and oxygen atoms in total. The second-order valence-corrected chi connectivity index (χ2v) is 7.39. The number of aromatic nitrogens is 4. The molecule has 1 fully saturated rings. The van der Waals surface area contributed by atoms with E-state index in [4.69, 9.17) is 21.7 Å². The molecule has 3 heterocycles. The van der Waals surface area contributed by atoms with Gasteiger partial charge in [0.1, 0.15) is 5.69 Å². The lowest BCUT2D eigenvalue weighted by Crippen LogP contribution is -2.34. The van der Waals surface area contributed by atoms with E-state index in [1.54, 1.807) is 0 Å². The van der Waals surface area contributed by atoms with Gasteiger partial charge in [0.25, 0.3) is 0 Å². The number of aliphatic hydroxyl groups excluding tert-OH is 1. The van der Waals surface area contributed by atoms with Crippen LogP contribution in [0.5, 0.6) is 0 Å². The highest BCUT2D eigenvalue weighted by molar-refractivity contribution is 6.31. The van der Waals surface area contributed by atoms with Gasteiger partial charge in [0.15, 0.2) is 0 Å². The molecule has 0 saturated carbocycles. The van der Waals surface area contributed by atoms with E-state index >= 15 is 0 Å². The highest BCUT2D eigenvalue weighted by atomic mass is 35.5. The minimum absolute atomic E-state index is 0.0522. The van der Waals surface area contributed by atoms with Crippen molar-refractivity contribution in [2.24, 2.45) is 5.92 Å². The second kappa shape index (κ2) is 7.70. The maximum absolute atomic E-state index is 9.08. The molecule has 1 N–H and O–H groups in total. The van der Waals surface area contributed by atoms with Crippen molar-refractivity contribution in [3.63, 3.8) is 0 Å². The van der Waals surface area contributed by atoms with Gasteiger partial charge < -0.3 is 5.11 Å². The van der Waals surface area contributed by atoms with Gasteiger partial charge in [-0.1, -0.05) is 22.9 Å². The van der Waals surface area contributed by atoms with Crippen LogP contribution in [0.2, 0.25) is 5.02 Å². The van der Waals surface area contributed by atoms with E-state index in [1.165, 1.54) is 0 Å². The van der Waals surface area contributed by atoms with Crippen LogP contribution in [0.15, 0.2) is 36.5 Å². The molecular formula is C19H22ClN5O. The van der Waals surface area contributed by atoms with E-state index in [0.717, 1.165) is 60.6 Å². The molecular weight excluding hydrogens is 350 g/mol. The normalized spacial score (nSPS) is 16.4. The molecule has 0 amide bonds. The molecule has 0 bridgehead atoms. The van der Waals surface area contributed by atoms with Gasteiger partial charge in [-0.3, -0.25) is 14.6 Å². The van der Waals surface area contributed by atoms with Crippen molar-refractivity contribution in [3.05, 3.63) is 52.9 Å². The molecule has 7 heteroatoms. The van der Waals surface area contributed by atoms with Crippen LogP contribution in [0.3, 0.4) is 0 Å². The topological polar surface area (TPSA) is 67.1 Å². The summed E-state index contributed by atoms with van der Waals surface area (Å²) in [5.41, 5.74) is 2.72. The average Bonchev–Trinajstić information content (AvgIpc) is 3.11. The zero-order chi connectivity index (χ0) is 17.9. The van der Waals surface area contributed by atoms with Crippen molar-refractivity contribution in [3.8, 4) is 0 Å². The van der Waals surface area contributed by atoms with E-state index < -0.39 is 0 Å². The summed E-state index contributed by atoms with van der Waals surface area (Å²) in [5.74, 6) is 0.603. The fourth-order valence-corrected chi connectivity index (χ4v) is 3.73. The third-order valence-electron chi connectivity index (χ3n) is 5.00. The van der Waals surface area contributed by atoms with Crippen molar-refractivity contribution in [2.45, 2.75) is 32.5 Å². The molecule has 136 valence electrons. The number of hydrogen-bond donors (Lipinski definition) is 1. The van der Waals surface area contributed by atoms with Gasteiger partial charge in [0.05, 0.1) is 24.0 Å². The van der Waals surface area contributed by atoms with E-state index in [2.05, 4.69) is 27.3 Å². The predicted molar refractivity (Wildman–Crippen MR) is 101 cm³/mol. The Kier molecular flexibility index (Phi) is 5.15. The lowest BCUT2D eigenvalue weighted by atomic mass is 9.96. The third kappa shape index (κ3) is 4.03. The molecule has 1 aliphatic heterocycles. The van der Waals surface area contributed by atoms with Crippen molar-refractivity contribution < 1.29 is 5.11 Å². The van der Waals surface area contributed by atoms with Crippen LogP contribution in [-0.2, 0) is 19.7 Å². The maximum Gasteiger partial charge on any atom is 0.108 e. The second-order valence-electron chi connectivity index (χ2n) is 6.95. The molecule has 0 unspecified atom stereocenters. The Balaban J connectivity index is 1.32. The van der Waals surface area contributed by atoms with Gasteiger partial charge in [0.2, 0.25) is 0 Å². The molecule has 1 aromatic carbocycles. The molecule has 3 aromatic rings. The number of hydrogen-bond acceptors (Lipinski definition) is 5. The minimum atomic E-state index is -0.0522. The molecule has 0 radical (unpaired) electrons. The van der Waals surface area contributed by atoms with Gasteiger partial charge >= 0.3 is 0 Å². The van der Waals surface area contributed by atoms with Crippen LogP contribution in [0, 0.1) is 5.92 Å². The summed E-state index contributed by atoms with van der Waals surface area (Å²) < 4.78 is 1.85. The fraction of sp³-hybridized carbons (Fsp3) is 0.421. The molecule has 1 saturated heterocycles. The summed E-state index contributed by atoms with van der Waals surface area (Å²) in [7, 11) is 0. The van der Waals surface area contributed by atoms with Crippen molar-refractivity contribution in [1.82, 2.24) is 24.9 Å². The van der Waals surface area contributed by atoms with Gasteiger partial charge in [-0.15, -0.1) is 5.10 Å². The summed E-state index contributed by atoms with van der Waals surface area (Å²) in [6.07, 6.45) is 4.10. The summed E-state index contributed by atoms with van der Waals surface area (Å²) in [5, 5.41) is 18.9. The highest BCUT2D eigenvalue weighted by Crippen LogP contribution is 2.22. The Morgan fingerprint density at radius 2 is 1.96 bits per heavy atom. The van der Waals surface area contributed by atoms with Crippen molar-refractivity contribution in [2.75, 3.05) is 13.1 Å². The third-order valence-corrected chi connectivity index (χ3v) is 5.23. The smallest absolute Gasteiger partial charge is 0.108 e. The fourth-order valence-electron chi connectivity index (χ4n) is 3.55. The van der Waals surface area contributed by atoms with E-state index in [9.17, 15) is 0 Å². The summed E-state index contributed by atoms with van der Waals surface area (Å²) in [6.45, 7) is 3.82. The van der Waals surface area contributed by atoms with Crippen molar-refractivity contribution in [1.29, 1.82) is 0 Å². The Morgan fingerprint density at radius 3 is 2.73 bits per heavy atom.